The highest BCUT2D eigenvalue weighted by Gasteiger charge is 2.16. The van der Waals surface area contributed by atoms with Gasteiger partial charge in [0.05, 0.1) is 23.9 Å². The molecule has 0 aliphatic heterocycles. The van der Waals surface area contributed by atoms with Crippen molar-refractivity contribution in [2.45, 2.75) is 0 Å². The number of nitrogens with zero attached hydrogens (tertiary/aromatic N) is 1. The van der Waals surface area contributed by atoms with E-state index >= 15 is 0 Å². The Morgan fingerprint density at radius 1 is 0.970 bits per heavy atom. The van der Waals surface area contributed by atoms with Crippen LogP contribution in [0.1, 0.15) is 15.9 Å². The number of carbonyl (C=O) groups excluding carboxylic acids is 2. The molecule has 0 aliphatic carbocycles. The second kappa shape index (κ2) is 11.6. The molecule has 0 heterocycles. The van der Waals surface area contributed by atoms with Crippen molar-refractivity contribution in [2.75, 3.05) is 13.7 Å². The van der Waals surface area contributed by atoms with Crippen LogP contribution in [0.4, 0.5) is 0 Å². The molecule has 0 atom stereocenters. The van der Waals surface area contributed by atoms with Gasteiger partial charge in [-0.2, -0.15) is 5.10 Å². The molecule has 3 aromatic carbocycles. The Hall–Kier alpha value is -3.26. The summed E-state index contributed by atoms with van der Waals surface area (Å²) < 4.78 is 16.0. The summed E-state index contributed by atoms with van der Waals surface area (Å²) in [5.41, 5.74) is 3.11. The van der Waals surface area contributed by atoms with Crippen LogP contribution in [0.15, 0.2) is 65.8 Å². The number of ether oxygens (including phenoxy) is 3. The molecule has 0 saturated carbocycles. The Morgan fingerprint density at radius 3 is 2.48 bits per heavy atom. The molecular weight excluding hydrogens is 491 g/mol. The molecular formula is C23H17Cl3N2O5. The van der Waals surface area contributed by atoms with Crippen LogP contribution < -0.4 is 19.6 Å². The summed E-state index contributed by atoms with van der Waals surface area (Å²) >= 11 is 17.8. The van der Waals surface area contributed by atoms with Crippen LogP contribution in [0.3, 0.4) is 0 Å². The van der Waals surface area contributed by atoms with Crippen molar-refractivity contribution < 1.29 is 23.8 Å². The van der Waals surface area contributed by atoms with Gasteiger partial charge in [0.25, 0.3) is 5.91 Å². The van der Waals surface area contributed by atoms with Crippen LogP contribution in [-0.4, -0.2) is 31.8 Å². The first-order valence-corrected chi connectivity index (χ1v) is 10.5. The van der Waals surface area contributed by atoms with E-state index in [-0.39, 0.29) is 28.7 Å². The predicted octanol–water partition coefficient (Wildman–Crippen LogP) is 5.40. The van der Waals surface area contributed by atoms with E-state index in [0.29, 0.717) is 21.4 Å². The van der Waals surface area contributed by atoms with Crippen molar-refractivity contribution in [3.63, 3.8) is 0 Å². The summed E-state index contributed by atoms with van der Waals surface area (Å²) in [7, 11) is 1.43. The minimum absolute atomic E-state index is 0.163. The molecule has 10 heteroatoms. The van der Waals surface area contributed by atoms with Crippen molar-refractivity contribution in [1.29, 1.82) is 0 Å². The average molecular weight is 508 g/mol. The number of carbonyl (C=O) groups is 2. The first kappa shape index (κ1) is 24.4. The molecule has 1 N–H and O–H groups in total. The number of hydrazone groups is 1. The Bertz CT molecular complexity index is 1200. The molecule has 170 valence electrons. The lowest BCUT2D eigenvalue weighted by molar-refractivity contribution is -0.123. The van der Waals surface area contributed by atoms with Crippen LogP contribution in [0, 0.1) is 0 Å². The number of hydrogen-bond acceptors (Lipinski definition) is 6. The van der Waals surface area contributed by atoms with Gasteiger partial charge in [0.1, 0.15) is 5.75 Å². The number of halogens is 3. The summed E-state index contributed by atoms with van der Waals surface area (Å²) in [4.78, 5) is 24.3. The first-order valence-electron chi connectivity index (χ1n) is 9.41. The summed E-state index contributed by atoms with van der Waals surface area (Å²) in [6, 6.07) is 15.9. The van der Waals surface area contributed by atoms with E-state index in [2.05, 4.69) is 10.5 Å². The van der Waals surface area contributed by atoms with Crippen molar-refractivity contribution in [3.8, 4) is 17.2 Å². The highest BCUT2D eigenvalue weighted by molar-refractivity contribution is 6.36. The van der Waals surface area contributed by atoms with Gasteiger partial charge in [-0.3, -0.25) is 4.79 Å². The molecule has 0 bridgehead atoms. The quantitative estimate of drug-likeness (QED) is 0.191. The summed E-state index contributed by atoms with van der Waals surface area (Å²) in [5, 5.41) is 4.96. The van der Waals surface area contributed by atoms with Gasteiger partial charge in [0.15, 0.2) is 18.1 Å². The third-order valence-electron chi connectivity index (χ3n) is 4.11. The fraction of sp³-hybridized carbons (Fsp3) is 0.0870. The first-order chi connectivity index (χ1) is 15.9. The minimum atomic E-state index is -0.664. The maximum atomic E-state index is 12.4. The standard InChI is InChI=1S/C23H17Cl3N2O5/c1-31-21-9-14(12-27-28-22(29)13-32-17-4-2-3-15(24)10-17)5-8-20(21)33-23(30)18-7-6-16(25)11-19(18)26/h2-12H,13H2,1H3,(H,28,29)/b27-12+. The van der Waals surface area contributed by atoms with Crippen LogP contribution in [0.5, 0.6) is 17.2 Å². The number of amides is 1. The van der Waals surface area contributed by atoms with E-state index in [9.17, 15) is 9.59 Å². The van der Waals surface area contributed by atoms with Gasteiger partial charge in [0, 0.05) is 10.0 Å². The van der Waals surface area contributed by atoms with Gasteiger partial charge < -0.3 is 14.2 Å². The second-order valence-corrected chi connectivity index (χ2v) is 7.74. The summed E-state index contributed by atoms with van der Waals surface area (Å²) in [5.74, 6) is -0.180. The van der Waals surface area contributed by atoms with Gasteiger partial charge >= 0.3 is 5.97 Å². The van der Waals surface area contributed by atoms with Crippen molar-refractivity contribution >= 4 is 52.9 Å². The van der Waals surface area contributed by atoms with Crippen LogP contribution >= 0.6 is 34.8 Å². The molecule has 7 nitrogen and oxygen atoms in total. The molecule has 0 aromatic heterocycles. The van der Waals surface area contributed by atoms with E-state index < -0.39 is 11.9 Å². The maximum Gasteiger partial charge on any atom is 0.345 e. The van der Waals surface area contributed by atoms with Crippen molar-refractivity contribution in [2.24, 2.45) is 5.10 Å². The monoisotopic (exact) mass is 506 g/mol. The number of methoxy groups -OCH3 is 1. The Balaban J connectivity index is 1.59. The summed E-state index contributed by atoms with van der Waals surface area (Å²) in [6.45, 7) is -0.233. The molecule has 0 unspecified atom stereocenters. The predicted molar refractivity (Wildman–Crippen MR) is 127 cm³/mol. The van der Waals surface area contributed by atoms with E-state index in [1.807, 2.05) is 0 Å². The minimum Gasteiger partial charge on any atom is -0.493 e. The maximum absolute atomic E-state index is 12.4. The Kier molecular flexibility index (Phi) is 8.54. The second-order valence-electron chi connectivity index (χ2n) is 6.46. The zero-order chi connectivity index (χ0) is 23.8. The topological polar surface area (TPSA) is 86.2 Å². The van der Waals surface area contributed by atoms with Gasteiger partial charge in [-0.05, 0) is 60.2 Å². The van der Waals surface area contributed by atoms with E-state index in [1.54, 1.807) is 36.4 Å². The third kappa shape index (κ3) is 7.12. The molecule has 0 fully saturated rings. The fourth-order valence-corrected chi connectivity index (χ4v) is 3.24. The number of benzene rings is 3. The molecule has 0 radical (unpaired) electrons. The smallest absolute Gasteiger partial charge is 0.345 e. The Morgan fingerprint density at radius 2 is 1.76 bits per heavy atom. The molecule has 1 amide bonds. The van der Waals surface area contributed by atoms with Crippen LogP contribution in [-0.2, 0) is 4.79 Å². The highest BCUT2D eigenvalue weighted by atomic mass is 35.5. The molecule has 0 saturated heterocycles. The third-order valence-corrected chi connectivity index (χ3v) is 4.89. The number of hydrogen-bond donors (Lipinski definition) is 1. The van der Waals surface area contributed by atoms with Crippen molar-refractivity contribution in [1.82, 2.24) is 5.43 Å². The fourth-order valence-electron chi connectivity index (χ4n) is 2.58. The Labute approximate surface area is 204 Å². The van der Waals surface area contributed by atoms with Gasteiger partial charge in [-0.15, -0.1) is 0 Å². The summed E-state index contributed by atoms with van der Waals surface area (Å²) in [6.07, 6.45) is 1.40. The highest BCUT2D eigenvalue weighted by Crippen LogP contribution is 2.30. The lowest BCUT2D eigenvalue weighted by atomic mass is 10.2. The van der Waals surface area contributed by atoms with Gasteiger partial charge in [-0.1, -0.05) is 40.9 Å². The normalized spacial score (nSPS) is 10.7. The average Bonchev–Trinajstić information content (AvgIpc) is 2.78. The SMILES string of the molecule is COc1cc(/C=N/NC(=O)COc2cccc(Cl)c2)ccc1OC(=O)c1ccc(Cl)cc1Cl. The molecule has 3 aromatic rings. The number of nitrogens with one attached hydrogen (secondary N) is 1. The largest absolute Gasteiger partial charge is 0.493 e. The molecule has 0 aliphatic rings. The van der Waals surface area contributed by atoms with E-state index in [1.165, 1.54) is 37.6 Å². The van der Waals surface area contributed by atoms with Gasteiger partial charge in [0.2, 0.25) is 0 Å². The lowest BCUT2D eigenvalue weighted by Gasteiger charge is -2.10. The van der Waals surface area contributed by atoms with Crippen LogP contribution in [0.25, 0.3) is 0 Å². The molecule has 3 rings (SSSR count). The molecule has 33 heavy (non-hydrogen) atoms. The molecule has 0 spiro atoms. The lowest BCUT2D eigenvalue weighted by Crippen LogP contribution is -2.24. The zero-order valence-corrected chi connectivity index (χ0v) is 19.4. The van der Waals surface area contributed by atoms with Crippen molar-refractivity contribution in [3.05, 3.63) is 86.9 Å². The van der Waals surface area contributed by atoms with E-state index in [0.717, 1.165) is 0 Å². The van der Waals surface area contributed by atoms with E-state index in [4.69, 9.17) is 49.0 Å². The van der Waals surface area contributed by atoms with Gasteiger partial charge in [-0.25, -0.2) is 10.2 Å². The number of esters is 1. The van der Waals surface area contributed by atoms with Crippen LogP contribution in [0.2, 0.25) is 15.1 Å². The number of rotatable bonds is 8. The zero-order valence-electron chi connectivity index (χ0n) is 17.2.